The van der Waals surface area contributed by atoms with Gasteiger partial charge in [0.15, 0.2) is 10.9 Å². The number of hydrogen-bond acceptors (Lipinski definition) is 6. The number of nitrogens with zero attached hydrogens (tertiary/aromatic N) is 2. The van der Waals surface area contributed by atoms with E-state index in [1.54, 1.807) is 60.7 Å². The lowest BCUT2D eigenvalue weighted by atomic mass is 10.1. The second-order valence-electron chi connectivity index (χ2n) is 6.81. The van der Waals surface area contributed by atoms with Gasteiger partial charge in [-0.05, 0) is 54.6 Å². The molecule has 0 bridgehead atoms. The van der Waals surface area contributed by atoms with Gasteiger partial charge in [0.05, 0.1) is 42.1 Å². The van der Waals surface area contributed by atoms with Crippen molar-refractivity contribution in [2.75, 3.05) is 20.0 Å². The molecule has 0 aliphatic carbocycles. The van der Waals surface area contributed by atoms with Gasteiger partial charge in [-0.2, -0.15) is 0 Å². The van der Waals surface area contributed by atoms with Gasteiger partial charge in [0, 0.05) is 5.02 Å². The maximum Gasteiger partial charge on any atom is 0.266 e. The van der Waals surface area contributed by atoms with Gasteiger partial charge in [0.25, 0.3) is 5.56 Å². The van der Waals surface area contributed by atoms with Crippen LogP contribution in [0.15, 0.2) is 76.7 Å². The molecule has 32 heavy (non-hydrogen) atoms. The molecule has 4 aromatic rings. The Kier molecular flexibility index (Phi) is 6.48. The molecule has 3 aromatic carbocycles. The Labute approximate surface area is 193 Å². The molecule has 0 saturated heterocycles. The fourth-order valence-electron chi connectivity index (χ4n) is 3.27. The van der Waals surface area contributed by atoms with Crippen molar-refractivity contribution in [3.63, 3.8) is 0 Å². The van der Waals surface area contributed by atoms with E-state index in [1.165, 1.54) is 30.5 Å². The molecule has 0 N–H and O–H groups in total. The van der Waals surface area contributed by atoms with Crippen LogP contribution in [0.3, 0.4) is 0 Å². The molecule has 0 amide bonds. The van der Waals surface area contributed by atoms with Crippen LogP contribution in [0, 0.1) is 0 Å². The van der Waals surface area contributed by atoms with E-state index in [0.29, 0.717) is 43.8 Å². The molecule has 6 nitrogen and oxygen atoms in total. The monoisotopic (exact) mass is 466 g/mol. The standard InChI is InChI=1S/C24H19ClN2O4S/c1-30-17-11-12-22(31-2)19(13-17)21(28)14-32-24-26-20-6-4-3-5-18(20)23(29)27(24)16-9-7-15(25)8-10-16/h3-13H,14H2,1-2H3. The van der Waals surface area contributed by atoms with E-state index >= 15 is 0 Å². The number of carbonyl (C=O) groups is 1. The quantitative estimate of drug-likeness (QED) is 0.216. The van der Waals surface area contributed by atoms with E-state index in [2.05, 4.69) is 4.98 Å². The summed E-state index contributed by atoms with van der Waals surface area (Å²) in [5.41, 5.74) is 1.37. The predicted molar refractivity (Wildman–Crippen MR) is 127 cm³/mol. The number of fused-ring (bicyclic) bond motifs is 1. The van der Waals surface area contributed by atoms with Gasteiger partial charge >= 0.3 is 0 Å². The Morgan fingerprint density at radius 3 is 2.50 bits per heavy atom. The molecule has 162 valence electrons. The minimum atomic E-state index is -0.216. The Morgan fingerprint density at radius 1 is 1.03 bits per heavy atom. The molecule has 4 rings (SSSR count). The highest BCUT2D eigenvalue weighted by atomic mass is 35.5. The molecular formula is C24H19ClN2O4S. The number of thioether (sulfide) groups is 1. The van der Waals surface area contributed by atoms with E-state index in [9.17, 15) is 9.59 Å². The first-order valence-corrected chi connectivity index (χ1v) is 11.0. The van der Waals surface area contributed by atoms with Crippen LogP contribution >= 0.6 is 23.4 Å². The lowest BCUT2D eigenvalue weighted by molar-refractivity contribution is 0.101. The van der Waals surface area contributed by atoms with Crippen LogP contribution in [0.1, 0.15) is 10.4 Å². The fourth-order valence-corrected chi connectivity index (χ4v) is 4.29. The number of Topliss-reactive ketones (excluding diaryl/α,β-unsaturated/α-hetero) is 1. The summed E-state index contributed by atoms with van der Waals surface area (Å²) < 4.78 is 12.1. The molecule has 0 aliphatic rings. The number of methoxy groups -OCH3 is 2. The second-order valence-corrected chi connectivity index (χ2v) is 8.19. The zero-order valence-electron chi connectivity index (χ0n) is 17.4. The number of ether oxygens (including phenoxy) is 2. The number of carbonyl (C=O) groups excluding carboxylic acids is 1. The second kappa shape index (κ2) is 9.46. The Hall–Kier alpha value is -3.29. The van der Waals surface area contributed by atoms with Crippen molar-refractivity contribution in [2.24, 2.45) is 0 Å². The maximum atomic E-state index is 13.3. The molecule has 8 heteroatoms. The normalized spacial score (nSPS) is 10.8. The minimum absolute atomic E-state index is 0.0574. The van der Waals surface area contributed by atoms with Crippen molar-refractivity contribution in [3.8, 4) is 17.2 Å². The SMILES string of the molecule is COc1ccc(OC)c(C(=O)CSc2nc3ccccc3c(=O)n2-c2ccc(Cl)cc2)c1. The highest BCUT2D eigenvalue weighted by Gasteiger charge is 2.18. The molecule has 0 aliphatic heterocycles. The van der Waals surface area contributed by atoms with Gasteiger partial charge in [0.2, 0.25) is 0 Å². The fraction of sp³-hybridized carbons (Fsp3) is 0.125. The first kappa shape index (κ1) is 21.9. The number of para-hydroxylation sites is 1. The Balaban J connectivity index is 1.74. The van der Waals surface area contributed by atoms with Crippen molar-refractivity contribution in [2.45, 2.75) is 5.16 Å². The lowest BCUT2D eigenvalue weighted by Gasteiger charge is -2.14. The summed E-state index contributed by atoms with van der Waals surface area (Å²) in [6, 6.07) is 19.1. The highest BCUT2D eigenvalue weighted by Crippen LogP contribution is 2.28. The lowest BCUT2D eigenvalue weighted by Crippen LogP contribution is -2.22. The number of aromatic nitrogens is 2. The zero-order chi connectivity index (χ0) is 22.7. The van der Waals surface area contributed by atoms with Gasteiger partial charge in [-0.3, -0.25) is 14.2 Å². The van der Waals surface area contributed by atoms with Crippen molar-refractivity contribution in [1.29, 1.82) is 0 Å². The largest absolute Gasteiger partial charge is 0.497 e. The third-order valence-electron chi connectivity index (χ3n) is 4.87. The summed E-state index contributed by atoms with van der Waals surface area (Å²) in [5, 5.41) is 1.46. The molecule has 0 radical (unpaired) electrons. The smallest absolute Gasteiger partial charge is 0.266 e. The third kappa shape index (κ3) is 4.35. The Morgan fingerprint density at radius 2 is 1.78 bits per heavy atom. The van der Waals surface area contributed by atoms with Crippen LogP contribution in [-0.2, 0) is 0 Å². The molecule has 1 aromatic heterocycles. The van der Waals surface area contributed by atoms with E-state index in [-0.39, 0.29) is 17.1 Å². The average Bonchev–Trinajstić information content (AvgIpc) is 2.83. The third-order valence-corrected chi connectivity index (χ3v) is 6.06. The van der Waals surface area contributed by atoms with Gasteiger partial charge in [0.1, 0.15) is 11.5 Å². The molecule has 1 heterocycles. The predicted octanol–water partition coefficient (Wildman–Crippen LogP) is 5.03. The summed E-state index contributed by atoms with van der Waals surface area (Å²) in [7, 11) is 3.05. The van der Waals surface area contributed by atoms with E-state index in [1.807, 2.05) is 6.07 Å². The van der Waals surface area contributed by atoms with Crippen LogP contribution in [0.2, 0.25) is 5.02 Å². The van der Waals surface area contributed by atoms with Crippen LogP contribution in [0.5, 0.6) is 11.5 Å². The molecular weight excluding hydrogens is 448 g/mol. The molecule has 0 spiro atoms. The first-order chi connectivity index (χ1) is 15.5. The molecule has 0 atom stereocenters. The minimum Gasteiger partial charge on any atom is -0.497 e. The number of hydrogen-bond donors (Lipinski definition) is 0. The van der Waals surface area contributed by atoms with Crippen LogP contribution in [-0.4, -0.2) is 35.3 Å². The van der Waals surface area contributed by atoms with E-state index in [0.717, 1.165) is 0 Å². The maximum absolute atomic E-state index is 13.3. The summed E-state index contributed by atoms with van der Waals surface area (Å²) in [4.78, 5) is 31.0. The van der Waals surface area contributed by atoms with Crippen LogP contribution in [0.4, 0.5) is 0 Å². The summed E-state index contributed by atoms with van der Waals surface area (Å²) in [6.07, 6.45) is 0. The number of rotatable bonds is 7. The zero-order valence-corrected chi connectivity index (χ0v) is 18.9. The summed E-state index contributed by atoms with van der Waals surface area (Å²) in [6.45, 7) is 0. The van der Waals surface area contributed by atoms with E-state index in [4.69, 9.17) is 21.1 Å². The highest BCUT2D eigenvalue weighted by molar-refractivity contribution is 7.99. The summed E-state index contributed by atoms with van der Waals surface area (Å²) >= 11 is 7.21. The van der Waals surface area contributed by atoms with Gasteiger partial charge in [-0.1, -0.05) is 35.5 Å². The van der Waals surface area contributed by atoms with Crippen molar-refractivity contribution >= 4 is 40.0 Å². The Bertz CT molecular complexity index is 1350. The van der Waals surface area contributed by atoms with Crippen molar-refractivity contribution in [1.82, 2.24) is 9.55 Å². The van der Waals surface area contributed by atoms with E-state index < -0.39 is 0 Å². The van der Waals surface area contributed by atoms with Crippen molar-refractivity contribution in [3.05, 3.63) is 87.7 Å². The van der Waals surface area contributed by atoms with Crippen LogP contribution in [0.25, 0.3) is 16.6 Å². The molecule has 0 saturated carbocycles. The number of halogens is 1. The van der Waals surface area contributed by atoms with Gasteiger partial charge < -0.3 is 9.47 Å². The number of benzene rings is 3. The summed E-state index contributed by atoms with van der Waals surface area (Å²) in [5.74, 6) is 0.900. The topological polar surface area (TPSA) is 70.4 Å². The van der Waals surface area contributed by atoms with Crippen molar-refractivity contribution < 1.29 is 14.3 Å². The van der Waals surface area contributed by atoms with Gasteiger partial charge in [-0.25, -0.2) is 4.98 Å². The molecule has 0 fully saturated rings. The first-order valence-electron chi connectivity index (χ1n) is 9.67. The average molecular weight is 467 g/mol. The van der Waals surface area contributed by atoms with Gasteiger partial charge in [-0.15, -0.1) is 0 Å². The van der Waals surface area contributed by atoms with Crippen LogP contribution < -0.4 is 15.0 Å². The number of ketones is 1. The molecule has 0 unspecified atom stereocenters.